The molecule has 3 rings (SSSR count). The van der Waals surface area contributed by atoms with E-state index in [4.69, 9.17) is 16.3 Å². The minimum Gasteiger partial charge on any atom is -0.374 e. The lowest BCUT2D eigenvalue weighted by molar-refractivity contribution is -0.118. The van der Waals surface area contributed by atoms with Gasteiger partial charge in [0.05, 0.1) is 23.9 Å². The normalized spacial score (nSPS) is 16.8. The van der Waals surface area contributed by atoms with Gasteiger partial charge in [-0.2, -0.15) is 13.1 Å². The van der Waals surface area contributed by atoms with Crippen molar-refractivity contribution in [2.75, 3.05) is 25.6 Å². The van der Waals surface area contributed by atoms with Crippen molar-refractivity contribution in [3.63, 3.8) is 0 Å². The standard InChI is InChI=1S/C15H15ClFN3O5S2/c1-18-27(22,23)25-7-13(21)20-15-19-12-6-24-5-9(14(12)26-15)8-2-3-11(17)10(16)4-8/h2-4,9,18H,5-7H2,1H3,(H,19,20,21). The molecular formula is C15H15ClFN3O5S2. The number of fused-ring (bicyclic) bond motifs is 1. The number of hydrogen-bond donors (Lipinski definition) is 2. The van der Waals surface area contributed by atoms with Crippen LogP contribution in [0.15, 0.2) is 18.2 Å². The Hall–Kier alpha value is -1.63. The highest BCUT2D eigenvalue weighted by molar-refractivity contribution is 7.84. The third kappa shape index (κ3) is 4.81. The highest BCUT2D eigenvalue weighted by Gasteiger charge is 2.27. The van der Waals surface area contributed by atoms with Gasteiger partial charge in [0.1, 0.15) is 12.4 Å². The Balaban J connectivity index is 1.75. The molecule has 0 radical (unpaired) electrons. The Kier molecular flexibility index (Phi) is 6.08. The van der Waals surface area contributed by atoms with Crippen LogP contribution in [0.3, 0.4) is 0 Å². The van der Waals surface area contributed by atoms with Crippen molar-refractivity contribution in [1.82, 2.24) is 9.71 Å². The van der Waals surface area contributed by atoms with Crippen LogP contribution in [0.2, 0.25) is 5.02 Å². The first-order chi connectivity index (χ1) is 12.8. The van der Waals surface area contributed by atoms with Gasteiger partial charge < -0.3 is 4.74 Å². The van der Waals surface area contributed by atoms with Gasteiger partial charge in [-0.1, -0.05) is 17.7 Å². The number of anilines is 1. The van der Waals surface area contributed by atoms with Crippen LogP contribution in [-0.4, -0.2) is 39.6 Å². The highest BCUT2D eigenvalue weighted by atomic mass is 35.5. The summed E-state index contributed by atoms with van der Waals surface area (Å²) in [5.41, 5.74) is 1.42. The van der Waals surface area contributed by atoms with Gasteiger partial charge in [-0.05, 0) is 17.7 Å². The van der Waals surface area contributed by atoms with E-state index in [1.165, 1.54) is 30.5 Å². The lowest BCUT2D eigenvalue weighted by atomic mass is 9.96. The maximum atomic E-state index is 13.4. The number of hydrogen-bond acceptors (Lipinski definition) is 7. The average Bonchev–Trinajstić information content (AvgIpc) is 3.04. The van der Waals surface area contributed by atoms with E-state index in [0.717, 1.165) is 10.4 Å². The Morgan fingerprint density at radius 3 is 3.00 bits per heavy atom. The second-order valence-corrected chi connectivity index (χ2v) is 8.53. The van der Waals surface area contributed by atoms with E-state index >= 15 is 0 Å². The lowest BCUT2D eigenvalue weighted by Crippen LogP contribution is -2.27. The fourth-order valence-electron chi connectivity index (χ4n) is 2.46. The first-order valence-electron chi connectivity index (χ1n) is 7.69. The molecular weight excluding hydrogens is 421 g/mol. The summed E-state index contributed by atoms with van der Waals surface area (Å²) in [6, 6.07) is 4.45. The molecule has 1 aliphatic heterocycles. The predicted molar refractivity (Wildman–Crippen MR) is 97.6 cm³/mol. The van der Waals surface area contributed by atoms with Crippen molar-refractivity contribution in [3.05, 3.63) is 45.2 Å². The van der Waals surface area contributed by atoms with Crippen molar-refractivity contribution in [1.29, 1.82) is 0 Å². The number of carbonyl (C=O) groups is 1. The average molecular weight is 436 g/mol. The minimum absolute atomic E-state index is 0.0144. The van der Waals surface area contributed by atoms with E-state index in [1.54, 1.807) is 6.07 Å². The third-order valence-corrected chi connectivity index (χ3v) is 6.10. The number of carbonyl (C=O) groups excluding carboxylic acids is 1. The summed E-state index contributed by atoms with van der Waals surface area (Å²) in [7, 11) is -2.78. The zero-order valence-corrected chi connectivity index (χ0v) is 16.4. The fraction of sp³-hybridized carbons (Fsp3) is 0.333. The van der Waals surface area contributed by atoms with Crippen LogP contribution < -0.4 is 10.0 Å². The number of rotatable bonds is 6. The van der Waals surface area contributed by atoms with E-state index in [0.29, 0.717) is 17.4 Å². The number of nitrogens with one attached hydrogen (secondary N) is 2. The van der Waals surface area contributed by atoms with E-state index in [9.17, 15) is 17.6 Å². The van der Waals surface area contributed by atoms with E-state index < -0.39 is 28.6 Å². The van der Waals surface area contributed by atoms with E-state index in [1.807, 2.05) is 4.72 Å². The quantitative estimate of drug-likeness (QED) is 0.718. The molecule has 1 atom stereocenters. The molecule has 1 unspecified atom stereocenters. The topological polar surface area (TPSA) is 107 Å². The summed E-state index contributed by atoms with van der Waals surface area (Å²) in [4.78, 5) is 17.0. The largest absolute Gasteiger partial charge is 0.374 e. The second kappa shape index (κ2) is 8.17. The van der Waals surface area contributed by atoms with Gasteiger partial charge in [-0.15, -0.1) is 11.3 Å². The number of ether oxygens (including phenoxy) is 1. The molecule has 1 aromatic heterocycles. The monoisotopic (exact) mass is 435 g/mol. The zero-order valence-electron chi connectivity index (χ0n) is 14.0. The number of aromatic nitrogens is 1. The maximum Gasteiger partial charge on any atom is 0.336 e. The minimum atomic E-state index is -3.95. The number of thiazole rings is 1. The summed E-state index contributed by atoms with van der Waals surface area (Å²) in [6.45, 7) is -0.0350. The number of halogens is 2. The SMILES string of the molecule is CNS(=O)(=O)OCC(=O)Nc1nc2c(s1)C(c1ccc(F)c(Cl)c1)COC2. The van der Waals surface area contributed by atoms with E-state index in [2.05, 4.69) is 14.5 Å². The van der Waals surface area contributed by atoms with Gasteiger partial charge in [0.25, 0.3) is 5.91 Å². The summed E-state index contributed by atoms with van der Waals surface area (Å²) in [6.07, 6.45) is 0. The van der Waals surface area contributed by atoms with E-state index in [-0.39, 0.29) is 17.5 Å². The second-order valence-electron chi connectivity index (χ2n) is 5.54. The van der Waals surface area contributed by atoms with Crippen LogP contribution >= 0.6 is 22.9 Å². The van der Waals surface area contributed by atoms with Crippen molar-refractivity contribution in [2.24, 2.45) is 0 Å². The molecule has 0 spiro atoms. The molecule has 0 bridgehead atoms. The molecule has 0 fully saturated rings. The Bertz CT molecular complexity index is 966. The molecule has 1 amide bonds. The fourth-order valence-corrected chi connectivity index (χ4v) is 4.13. The Labute approximate surface area is 163 Å². The van der Waals surface area contributed by atoms with Gasteiger partial charge in [0.15, 0.2) is 5.13 Å². The van der Waals surface area contributed by atoms with Crippen molar-refractivity contribution < 1.29 is 26.5 Å². The van der Waals surface area contributed by atoms with Crippen molar-refractivity contribution >= 4 is 44.3 Å². The molecule has 27 heavy (non-hydrogen) atoms. The van der Waals surface area contributed by atoms with Crippen LogP contribution in [-0.2, 0) is 30.6 Å². The van der Waals surface area contributed by atoms with Gasteiger partial charge in [0.2, 0.25) is 0 Å². The molecule has 12 heteroatoms. The van der Waals surface area contributed by atoms with Crippen LogP contribution in [0.4, 0.5) is 9.52 Å². The summed E-state index contributed by atoms with van der Waals surface area (Å²) < 4.78 is 47.7. The van der Waals surface area contributed by atoms with Crippen LogP contribution in [0.25, 0.3) is 0 Å². The third-order valence-electron chi connectivity index (χ3n) is 3.75. The molecule has 1 aromatic carbocycles. The van der Waals surface area contributed by atoms with Crippen molar-refractivity contribution in [2.45, 2.75) is 12.5 Å². The lowest BCUT2D eigenvalue weighted by Gasteiger charge is -2.22. The van der Waals surface area contributed by atoms with Crippen LogP contribution in [0, 0.1) is 5.82 Å². The summed E-state index contributed by atoms with van der Waals surface area (Å²) >= 11 is 7.10. The summed E-state index contributed by atoms with van der Waals surface area (Å²) in [5, 5.41) is 2.80. The number of benzene rings is 1. The molecule has 2 N–H and O–H groups in total. The number of amides is 1. The van der Waals surface area contributed by atoms with Gasteiger partial charge in [-0.25, -0.2) is 13.6 Å². The molecule has 1 aliphatic rings. The molecule has 8 nitrogen and oxygen atoms in total. The predicted octanol–water partition coefficient (Wildman–Crippen LogP) is 2.02. The first-order valence-corrected chi connectivity index (χ1v) is 10.3. The van der Waals surface area contributed by atoms with Gasteiger partial charge in [-0.3, -0.25) is 10.1 Å². The van der Waals surface area contributed by atoms with Crippen molar-refractivity contribution in [3.8, 4) is 0 Å². The molecule has 0 saturated heterocycles. The highest BCUT2D eigenvalue weighted by Crippen LogP contribution is 2.38. The molecule has 2 heterocycles. The van der Waals surface area contributed by atoms with Crippen LogP contribution in [0.1, 0.15) is 22.1 Å². The smallest absolute Gasteiger partial charge is 0.336 e. The number of nitrogens with zero attached hydrogens (tertiary/aromatic N) is 1. The van der Waals surface area contributed by atoms with Crippen LogP contribution in [0.5, 0.6) is 0 Å². The Morgan fingerprint density at radius 1 is 1.52 bits per heavy atom. The molecule has 0 aliphatic carbocycles. The molecule has 2 aromatic rings. The zero-order chi connectivity index (χ0) is 19.6. The first kappa shape index (κ1) is 20.1. The summed E-state index contributed by atoms with van der Waals surface area (Å²) in [5.74, 6) is -1.37. The molecule has 0 saturated carbocycles. The van der Waals surface area contributed by atoms with Gasteiger partial charge >= 0.3 is 10.3 Å². The maximum absolute atomic E-state index is 13.4. The Morgan fingerprint density at radius 2 is 2.30 bits per heavy atom. The van der Waals surface area contributed by atoms with Gasteiger partial charge in [0, 0.05) is 17.8 Å². The molecule has 146 valence electrons.